The third-order valence-corrected chi connectivity index (χ3v) is 9.59. The van der Waals surface area contributed by atoms with Crippen LogP contribution in [0.2, 0.25) is 0 Å². The summed E-state index contributed by atoms with van der Waals surface area (Å²) in [5, 5.41) is 14.0. The molecule has 0 aliphatic heterocycles. The maximum atomic E-state index is 13.1. The van der Waals surface area contributed by atoms with E-state index in [1.54, 1.807) is 0 Å². The third kappa shape index (κ3) is 3.44. The molecule has 0 radical (unpaired) electrons. The van der Waals surface area contributed by atoms with E-state index in [1.165, 1.54) is 50.3 Å². The molecule has 4 aliphatic rings. The zero-order chi connectivity index (χ0) is 22.7. The average molecular weight is 459 g/mol. The van der Waals surface area contributed by atoms with Gasteiger partial charge in [-0.05, 0) is 99.3 Å². The number of imidazole rings is 1. The van der Waals surface area contributed by atoms with Gasteiger partial charge in [0.05, 0.1) is 27.4 Å². The first kappa shape index (κ1) is 21.0. The van der Waals surface area contributed by atoms with Crippen molar-refractivity contribution in [3.8, 4) is 6.07 Å². The topological polar surface area (TPSA) is 70.2 Å². The Hall–Kier alpha value is -2.52. The maximum Gasteiger partial charge on any atom is 0.230 e. The Kier molecular flexibility index (Phi) is 4.95. The number of carbonyl (C=O) groups is 1. The zero-order valence-electron chi connectivity index (χ0n) is 19.3. The number of thioether (sulfide) groups is 1. The molecule has 4 fully saturated rings. The lowest BCUT2D eigenvalue weighted by atomic mass is 9.48. The fraction of sp³-hybridized carbons (Fsp3) is 0.519. The van der Waals surface area contributed by atoms with E-state index in [4.69, 9.17) is 4.98 Å². The maximum absolute atomic E-state index is 13.1. The number of hydrogen-bond donors (Lipinski definition) is 1. The monoisotopic (exact) mass is 458 g/mol. The van der Waals surface area contributed by atoms with Gasteiger partial charge < -0.3 is 5.32 Å². The molecule has 6 heteroatoms. The number of amides is 1. The first-order valence-electron chi connectivity index (χ1n) is 12.2. The van der Waals surface area contributed by atoms with Crippen LogP contribution in [0.5, 0.6) is 0 Å². The number of fused-ring (bicyclic) bond motifs is 3. The van der Waals surface area contributed by atoms with E-state index < -0.39 is 0 Å². The summed E-state index contributed by atoms with van der Waals surface area (Å²) in [5.74, 6) is 3.12. The highest BCUT2D eigenvalue weighted by molar-refractivity contribution is 7.99. The van der Waals surface area contributed by atoms with Crippen LogP contribution < -0.4 is 5.32 Å². The first-order valence-corrected chi connectivity index (χ1v) is 13.2. The van der Waals surface area contributed by atoms with Crippen LogP contribution in [-0.4, -0.2) is 27.1 Å². The van der Waals surface area contributed by atoms with Crippen LogP contribution in [-0.2, 0) is 4.79 Å². The summed E-state index contributed by atoms with van der Waals surface area (Å²) in [7, 11) is 0. The number of rotatable bonds is 5. The van der Waals surface area contributed by atoms with E-state index in [0.717, 1.165) is 39.4 Å². The molecule has 33 heavy (non-hydrogen) atoms. The molecule has 1 amide bonds. The van der Waals surface area contributed by atoms with Gasteiger partial charge in [-0.1, -0.05) is 23.9 Å². The second-order valence-corrected chi connectivity index (χ2v) is 11.8. The van der Waals surface area contributed by atoms with Crippen molar-refractivity contribution in [2.45, 2.75) is 63.4 Å². The van der Waals surface area contributed by atoms with Crippen LogP contribution in [0, 0.1) is 41.4 Å². The van der Waals surface area contributed by atoms with Crippen LogP contribution in [0.3, 0.4) is 0 Å². The number of nitriles is 1. The number of carbonyl (C=O) groups excluding carboxylic acids is 1. The fourth-order valence-electron chi connectivity index (χ4n) is 7.44. The molecule has 2 aromatic heterocycles. The number of para-hydroxylation sites is 2. The molecule has 3 aromatic rings. The molecule has 1 N–H and O–H groups in total. The minimum absolute atomic E-state index is 0.0998. The SMILES string of the molecule is Cc1cc(SCC(=O)N[C@@H](C)C23CC4CC(CC(C4)C2)C3)n2c(nc3ccccc32)c1C#N. The molecule has 5 nitrogen and oxygen atoms in total. The Morgan fingerprint density at radius 2 is 1.91 bits per heavy atom. The number of aromatic nitrogens is 2. The average Bonchev–Trinajstić information content (AvgIpc) is 3.16. The molecule has 0 unspecified atom stereocenters. The Morgan fingerprint density at radius 3 is 2.58 bits per heavy atom. The van der Waals surface area contributed by atoms with Crippen LogP contribution in [0.25, 0.3) is 16.7 Å². The normalized spacial score (nSPS) is 28.8. The molecule has 1 aromatic carbocycles. The van der Waals surface area contributed by atoms with E-state index >= 15 is 0 Å². The van der Waals surface area contributed by atoms with Crippen molar-refractivity contribution in [3.05, 3.63) is 41.5 Å². The number of benzene rings is 1. The molecule has 4 aliphatic carbocycles. The summed E-state index contributed by atoms with van der Waals surface area (Å²) < 4.78 is 2.03. The second-order valence-electron chi connectivity index (χ2n) is 10.8. The largest absolute Gasteiger partial charge is 0.352 e. The lowest BCUT2D eigenvalue weighted by molar-refractivity contribution is -0.123. The number of pyridine rings is 1. The lowest BCUT2D eigenvalue weighted by Crippen LogP contribution is -2.56. The number of hydrogen-bond acceptors (Lipinski definition) is 4. The standard InChI is InChI=1S/C27H30N4OS/c1-16-7-25(31-23-6-4-3-5-22(23)30-26(31)21(16)14-28)33-15-24(32)29-17(2)27-11-18-8-19(12-27)10-20(9-18)13-27/h3-7,17-20H,8-13,15H2,1-2H3,(H,29,32)/t17-,18?,19?,20?,27?/m0/s1. The Labute approximate surface area is 198 Å². The van der Waals surface area contributed by atoms with Gasteiger partial charge in [0.25, 0.3) is 0 Å². The number of nitrogens with zero attached hydrogens (tertiary/aromatic N) is 3. The highest BCUT2D eigenvalue weighted by Gasteiger charge is 2.53. The predicted octanol–water partition coefficient (Wildman–Crippen LogP) is 5.48. The van der Waals surface area contributed by atoms with E-state index in [1.807, 2.05) is 41.7 Å². The summed E-state index contributed by atoms with van der Waals surface area (Å²) >= 11 is 1.53. The summed E-state index contributed by atoms with van der Waals surface area (Å²) in [6, 6.07) is 12.5. The van der Waals surface area contributed by atoms with Crippen molar-refractivity contribution in [2.75, 3.05) is 5.75 Å². The van der Waals surface area contributed by atoms with Gasteiger partial charge in [-0.25, -0.2) is 4.98 Å². The van der Waals surface area contributed by atoms with Gasteiger partial charge in [-0.15, -0.1) is 0 Å². The van der Waals surface area contributed by atoms with Gasteiger partial charge in [0.15, 0.2) is 5.65 Å². The molecule has 0 spiro atoms. The highest BCUT2D eigenvalue weighted by Crippen LogP contribution is 2.61. The van der Waals surface area contributed by atoms with E-state index in [2.05, 4.69) is 18.3 Å². The van der Waals surface area contributed by atoms with Gasteiger partial charge in [-0.3, -0.25) is 9.20 Å². The van der Waals surface area contributed by atoms with E-state index in [9.17, 15) is 10.1 Å². The van der Waals surface area contributed by atoms with Gasteiger partial charge in [0.2, 0.25) is 5.91 Å². The molecule has 7 rings (SSSR count). The van der Waals surface area contributed by atoms with Crippen molar-refractivity contribution in [1.82, 2.24) is 14.7 Å². The number of nitrogens with one attached hydrogen (secondary N) is 1. The lowest BCUT2D eigenvalue weighted by Gasteiger charge is -2.59. The fourth-order valence-corrected chi connectivity index (χ4v) is 8.38. The van der Waals surface area contributed by atoms with Crippen molar-refractivity contribution < 1.29 is 4.79 Å². The molecule has 0 saturated heterocycles. The minimum Gasteiger partial charge on any atom is -0.352 e. The predicted molar refractivity (Wildman–Crippen MR) is 131 cm³/mol. The molecule has 2 heterocycles. The summed E-state index contributed by atoms with van der Waals surface area (Å²) in [6.45, 7) is 4.18. The smallest absolute Gasteiger partial charge is 0.230 e. The summed E-state index contributed by atoms with van der Waals surface area (Å²) in [6.07, 6.45) is 8.15. The van der Waals surface area contributed by atoms with Crippen molar-refractivity contribution >= 4 is 34.3 Å². The summed E-state index contributed by atoms with van der Waals surface area (Å²) in [5.41, 5.74) is 4.30. The Bertz CT molecular complexity index is 1270. The van der Waals surface area contributed by atoms with E-state index in [0.29, 0.717) is 22.4 Å². The van der Waals surface area contributed by atoms with Crippen molar-refractivity contribution in [1.29, 1.82) is 5.26 Å². The van der Waals surface area contributed by atoms with Crippen LogP contribution >= 0.6 is 11.8 Å². The highest BCUT2D eigenvalue weighted by atomic mass is 32.2. The molecule has 4 saturated carbocycles. The molecular formula is C27H30N4OS. The van der Waals surface area contributed by atoms with Gasteiger partial charge >= 0.3 is 0 Å². The zero-order valence-corrected chi connectivity index (χ0v) is 20.1. The molecule has 1 atom stereocenters. The molecular weight excluding hydrogens is 428 g/mol. The summed E-state index contributed by atoms with van der Waals surface area (Å²) in [4.78, 5) is 17.8. The third-order valence-electron chi connectivity index (χ3n) is 8.58. The number of aryl methyl sites for hydroxylation is 1. The van der Waals surface area contributed by atoms with E-state index in [-0.39, 0.29) is 11.9 Å². The molecule has 4 bridgehead atoms. The minimum atomic E-state index is 0.0998. The molecule has 170 valence electrons. The van der Waals surface area contributed by atoms with Crippen molar-refractivity contribution in [3.63, 3.8) is 0 Å². The van der Waals surface area contributed by atoms with Gasteiger partial charge in [0.1, 0.15) is 6.07 Å². The second kappa shape index (κ2) is 7.77. The van der Waals surface area contributed by atoms with Gasteiger partial charge in [-0.2, -0.15) is 5.26 Å². The van der Waals surface area contributed by atoms with Crippen molar-refractivity contribution in [2.24, 2.45) is 23.2 Å². The van der Waals surface area contributed by atoms with Crippen LogP contribution in [0.4, 0.5) is 0 Å². The first-order chi connectivity index (χ1) is 16.0. The quantitative estimate of drug-likeness (QED) is 0.514. The Morgan fingerprint density at radius 1 is 1.24 bits per heavy atom. The Balaban J connectivity index is 1.22. The van der Waals surface area contributed by atoms with Gasteiger partial charge in [0, 0.05) is 6.04 Å². The van der Waals surface area contributed by atoms with Crippen LogP contribution in [0.15, 0.2) is 35.4 Å². The van der Waals surface area contributed by atoms with Crippen LogP contribution in [0.1, 0.15) is 56.6 Å².